The quantitative estimate of drug-likeness (QED) is 0.820. The molecule has 8 heteroatoms. The summed E-state index contributed by atoms with van der Waals surface area (Å²) < 4.78 is 1.24. The van der Waals surface area contributed by atoms with Gasteiger partial charge < -0.3 is 10.4 Å². The van der Waals surface area contributed by atoms with Gasteiger partial charge in [0, 0.05) is 0 Å². The highest BCUT2D eigenvalue weighted by Gasteiger charge is 2.13. The van der Waals surface area contributed by atoms with E-state index in [0.29, 0.717) is 0 Å². The molecule has 0 radical (unpaired) electrons. The van der Waals surface area contributed by atoms with E-state index in [0.717, 1.165) is 5.56 Å². The second-order valence-electron chi connectivity index (χ2n) is 3.91. The summed E-state index contributed by atoms with van der Waals surface area (Å²) in [5.74, 6) is -1.50. The Balaban J connectivity index is 2.14. The lowest BCUT2D eigenvalue weighted by atomic mass is 10.1. The summed E-state index contributed by atoms with van der Waals surface area (Å²) in [4.78, 5) is 22.8. The molecule has 8 nitrogen and oxygen atoms in total. The Morgan fingerprint density at radius 2 is 2.21 bits per heavy atom. The first-order chi connectivity index (χ1) is 9.06. The zero-order valence-corrected chi connectivity index (χ0v) is 10.1. The minimum absolute atomic E-state index is 0.0464. The van der Waals surface area contributed by atoms with Crippen molar-refractivity contribution in [2.75, 3.05) is 5.32 Å². The second kappa shape index (κ2) is 5.25. The highest BCUT2D eigenvalue weighted by molar-refractivity contribution is 6.00. The minimum Gasteiger partial charge on any atom is -0.478 e. The first-order valence-corrected chi connectivity index (χ1v) is 5.41. The number of nitrogens with one attached hydrogen (secondary N) is 1. The average molecular weight is 261 g/mol. The lowest BCUT2D eigenvalue weighted by Crippen LogP contribution is -2.20. The number of aromatic carboxylic acids is 1. The third-order valence-electron chi connectivity index (χ3n) is 2.38. The van der Waals surface area contributed by atoms with Crippen molar-refractivity contribution in [1.29, 1.82) is 0 Å². The predicted molar refractivity (Wildman–Crippen MR) is 64.6 cm³/mol. The molecule has 1 aromatic heterocycles. The van der Waals surface area contributed by atoms with Crippen LogP contribution in [0.15, 0.2) is 24.5 Å². The van der Waals surface area contributed by atoms with Crippen molar-refractivity contribution in [2.24, 2.45) is 0 Å². The molecule has 0 atom stereocenters. The molecule has 0 spiro atoms. The number of carboxylic acid groups (broad SMARTS) is 1. The van der Waals surface area contributed by atoms with Gasteiger partial charge in [0.1, 0.15) is 12.9 Å². The topological polar surface area (TPSA) is 110 Å². The summed E-state index contributed by atoms with van der Waals surface area (Å²) >= 11 is 0. The van der Waals surface area contributed by atoms with Crippen molar-refractivity contribution in [1.82, 2.24) is 20.2 Å². The molecule has 0 saturated carbocycles. The van der Waals surface area contributed by atoms with Crippen LogP contribution in [0.5, 0.6) is 0 Å². The Hall–Kier alpha value is -2.77. The van der Waals surface area contributed by atoms with Crippen LogP contribution in [0.4, 0.5) is 5.69 Å². The van der Waals surface area contributed by atoms with Gasteiger partial charge in [-0.1, -0.05) is 11.6 Å². The zero-order chi connectivity index (χ0) is 13.8. The number of nitrogens with zero attached hydrogens (tertiary/aromatic N) is 4. The number of carbonyl (C=O) groups excluding carboxylic acids is 1. The molecule has 19 heavy (non-hydrogen) atoms. The number of carboxylic acids is 1. The summed E-state index contributed by atoms with van der Waals surface area (Å²) in [5, 5.41) is 21.9. The molecule has 98 valence electrons. The lowest BCUT2D eigenvalue weighted by Gasteiger charge is -2.08. The van der Waals surface area contributed by atoms with Gasteiger partial charge in [0.25, 0.3) is 0 Å². The highest BCUT2D eigenvalue weighted by atomic mass is 16.4. The molecular formula is C11H11N5O3. The first-order valence-electron chi connectivity index (χ1n) is 5.41. The SMILES string of the molecule is Cc1ccc(NC(=O)Cn2cnnn2)c(C(=O)O)c1. The fraction of sp³-hybridized carbons (Fsp3) is 0.182. The van der Waals surface area contributed by atoms with Crippen LogP contribution in [0.1, 0.15) is 15.9 Å². The van der Waals surface area contributed by atoms with E-state index in [2.05, 4.69) is 20.8 Å². The van der Waals surface area contributed by atoms with Crippen molar-refractivity contribution in [3.05, 3.63) is 35.7 Å². The van der Waals surface area contributed by atoms with E-state index in [9.17, 15) is 9.59 Å². The maximum Gasteiger partial charge on any atom is 0.337 e. The van der Waals surface area contributed by atoms with Crippen molar-refractivity contribution >= 4 is 17.6 Å². The smallest absolute Gasteiger partial charge is 0.337 e. The van der Waals surface area contributed by atoms with Crippen molar-refractivity contribution in [3.63, 3.8) is 0 Å². The molecule has 1 heterocycles. The standard InChI is InChI=1S/C11H11N5O3/c1-7-2-3-9(8(4-7)11(18)19)13-10(17)5-16-6-12-14-15-16/h2-4,6H,5H2,1H3,(H,13,17)(H,18,19). The Morgan fingerprint density at radius 1 is 1.42 bits per heavy atom. The summed E-state index contributed by atoms with van der Waals surface area (Å²) in [6.07, 6.45) is 1.30. The Labute approximate surface area is 108 Å². The maximum absolute atomic E-state index is 11.7. The lowest BCUT2D eigenvalue weighted by molar-refractivity contribution is -0.116. The molecule has 2 N–H and O–H groups in total. The fourth-order valence-electron chi connectivity index (χ4n) is 1.53. The van der Waals surface area contributed by atoms with E-state index < -0.39 is 11.9 Å². The Morgan fingerprint density at radius 3 is 2.84 bits per heavy atom. The van der Waals surface area contributed by atoms with Crippen molar-refractivity contribution < 1.29 is 14.7 Å². The van der Waals surface area contributed by atoms with E-state index >= 15 is 0 Å². The van der Waals surface area contributed by atoms with Crippen LogP contribution >= 0.6 is 0 Å². The molecular weight excluding hydrogens is 250 g/mol. The van der Waals surface area contributed by atoms with E-state index in [1.807, 2.05) is 0 Å². The van der Waals surface area contributed by atoms with E-state index in [-0.39, 0.29) is 17.8 Å². The van der Waals surface area contributed by atoms with Gasteiger partial charge in [0.15, 0.2) is 0 Å². The normalized spacial score (nSPS) is 10.2. The molecule has 0 saturated heterocycles. The molecule has 0 aliphatic carbocycles. The van der Waals surface area contributed by atoms with Crippen LogP contribution < -0.4 is 5.32 Å². The van der Waals surface area contributed by atoms with Gasteiger partial charge in [0.05, 0.1) is 11.3 Å². The molecule has 0 unspecified atom stereocenters. The van der Waals surface area contributed by atoms with Crippen LogP contribution in [-0.2, 0) is 11.3 Å². The van der Waals surface area contributed by atoms with Crippen LogP contribution in [0.25, 0.3) is 0 Å². The van der Waals surface area contributed by atoms with Gasteiger partial charge in [-0.2, -0.15) is 0 Å². The Kier molecular flexibility index (Phi) is 3.51. The Bertz CT molecular complexity index is 609. The summed E-state index contributed by atoms with van der Waals surface area (Å²) in [5.41, 5.74) is 1.09. The first kappa shape index (κ1) is 12.7. The number of carbonyl (C=O) groups is 2. The summed E-state index contributed by atoms with van der Waals surface area (Å²) in [7, 11) is 0. The summed E-state index contributed by atoms with van der Waals surface area (Å²) in [6, 6.07) is 4.77. The fourth-order valence-corrected chi connectivity index (χ4v) is 1.53. The van der Waals surface area contributed by atoms with E-state index in [4.69, 9.17) is 5.11 Å². The number of rotatable bonds is 4. The number of aromatic nitrogens is 4. The number of hydrogen-bond acceptors (Lipinski definition) is 5. The number of hydrogen-bond donors (Lipinski definition) is 2. The number of anilines is 1. The zero-order valence-electron chi connectivity index (χ0n) is 10.1. The highest BCUT2D eigenvalue weighted by Crippen LogP contribution is 2.17. The molecule has 0 aliphatic rings. The van der Waals surface area contributed by atoms with Gasteiger partial charge in [-0.3, -0.25) is 4.79 Å². The van der Waals surface area contributed by atoms with Gasteiger partial charge >= 0.3 is 5.97 Å². The van der Waals surface area contributed by atoms with Crippen LogP contribution in [-0.4, -0.2) is 37.2 Å². The molecule has 0 bridgehead atoms. The molecule has 0 fully saturated rings. The average Bonchev–Trinajstić information content (AvgIpc) is 2.83. The molecule has 1 amide bonds. The van der Waals surface area contributed by atoms with Crippen molar-refractivity contribution in [3.8, 4) is 0 Å². The number of amides is 1. The molecule has 1 aromatic carbocycles. The third kappa shape index (κ3) is 3.12. The van der Waals surface area contributed by atoms with Gasteiger partial charge in [-0.05, 0) is 29.5 Å². The van der Waals surface area contributed by atoms with Crippen molar-refractivity contribution in [2.45, 2.75) is 13.5 Å². The summed E-state index contributed by atoms with van der Waals surface area (Å²) in [6.45, 7) is 1.69. The van der Waals surface area contributed by atoms with Crippen LogP contribution in [0, 0.1) is 6.92 Å². The van der Waals surface area contributed by atoms with Gasteiger partial charge in [-0.25, -0.2) is 9.48 Å². The van der Waals surface area contributed by atoms with Crippen LogP contribution in [0.3, 0.4) is 0 Å². The molecule has 0 aliphatic heterocycles. The minimum atomic E-state index is -1.10. The maximum atomic E-state index is 11.7. The number of tetrazole rings is 1. The largest absolute Gasteiger partial charge is 0.478 e. The van der Waals surface area contributed by atoms with E-state index in [1.165, 1.54) is 17.1 Å². The van der Waals surface area contributed by atoms with Gasteiger partial charge in [-0.15, -0.1) is 5.10 Å². The van der Waals surface area contributed by atoms with Crippen LogP contribution in [0.2, 0.25) is 0 Å². The molecule has 2 aromatic rings. The predicted octanol–water partition coefficient (Wildman–Crippen LogP) is 0.318. The number of aryl methyl sites for hydroxylation is 1. The molecule has 2 rings (SSSR count). The number of benzene rings is 1. The van der Waals surface area contributed by atoms with Gasteiger partial charge in [0.2, 0.25) is 5.91 Å². The monoisotopic (exact) mass is 261 g/mol. The second-order valence-corrected chi connectivity index (χ2v) is 3.91. The third-order valence-corrected chi connectivity index (χ3v) is 2.38. The van der Waals surface area contributed by atoms with E-state index in [1.54, 1.807) is 19.1 Å².